The van der Waals surface area contributed by atoms with Crippen molar-refractivity contribution in [1.82, 2.24) is 44.4 Å². The van der Waals surface area contributed by atoms with Gasteiger partial charge in [0.05, 0.1) is 95.2 Å². The number of rotatable bonds is 23. The van der Waals surface area contributed by atoms with E-state index in [1.807, 2.05) is 121 Å². The molecule has 5 saturated heterocycles. The number of ether oxygens (including phenoxy) is 6. The smallest absolute Gasteiger partial charge is 0.292 e. The number of methoxy groups -OCH3 is 2. The molecule has 7 heterocycles. The number of nitrogen functional groups attached to an aromatic ring is 6. The van der Waals surface area contributed by atoms with Crippen LogP contribution in [-0.4, -0.2) is 274 Å². The van der Waals surface area contributed by atoms with E-state index >= 15 is 0 Å². The van der Waals surface area contributed by atoms with E-state index in [0.29, 0.717) is 60.7 Å². The predicted octanol–water partition coefficient (Wildman–Crippen LogP) is 15.8. The number of benzene rings is 10. The average Bonchev–Trinajstić information content (AvgIpc) is 1.66. The number of azide groups is 2. The monoisotopic (exact) mass is 2040 g/mol. The van der Waals surface area contributed by atoms with E-state index in [1.54, 1.807) is 38.5 Å². The second-order valence-corrected chi connectivity index (χ2v) is 33.0. The molecule has 0 radical (unpaired) electrons. The first-order chi connectivity index (χ1) is 66.7. The summed E-state index contributed by atoms with van der Waals surface area (Å²) in [6, 6.07) is 63.6. The molecule has 0 bridgehead atoms. The molecular weight excluding hydrogens is 1910 g/mol. The van der Waals surface area contributed by atoms with Crippen LogP contribution >= 0.6 is 11.6 Å². The Morgan fingerprint density at radius 1 is 0.390 bits per heavy atom. The summed E-state index contributed by atoms with van der Waals surface area (Å²) >= 11 is 5.52. The van der Waals surface area contributed by atoms with Gasteiger partial charge < -0.3 is 129 Å². The van der Waals surface area contributed by atoms with Crippen molar-refractivity contribution in [2.24, 2.45) is 10.2 Å². The molecule has 752 valence electrons. The number of hydrogen-bond acceptors (Lipinski definition) is 30. The van der Waals surface area contributed by atoms with E-state index in [-0.39, 0.29) is 64.6 Å². The normalized spacial score (nSPS) is 14.0. The first-order valence-corrected chi connectivity index (χ1v) is 45.2. The van der Waals surface area contributed by atoms with Crippen molar-refractivity contribution in [3.8, 4) is 82.0 Å². The molecule has 5 aliphatic rings. The maximum atomic E-state index is 10.7. The largest absolute Gasteiger partial charge is 0.497 e. The Morgan fingerprint density at radius 3 is 0.943 bits per heavy atom. The van der Waals surface area contributed by atoms with Crippen LogP contribution in [0.4, 0.5) is 73.9 Å². The van der Waals surface area contributed by atoms with E-state index in [0.717, 1.165) is 216 Å². The fourth-order valence-electron chi connectivity index (χ4n) is 14.6. The summed E-state index contributed by atoms with van der Waals surface area (Å²) in [4.78, 5) is 64.9. The van der Waals surface area contributed by atoms with Gasteiger partial charge in [0.15, 0.2) is 0 Å². The van der Waals surface area contributed by atoms with Crippen LogP contribution in [0.3, 0.4) is 0 Å². The number of likely N-dealkylation sites (N-methyl/N-ethyl adjacent to an activating group) is 5. The van der Waals surface area contributed by atoms with Crippen molar-refractivity contribution in [2.75, 3.05) is 279 Å². The van der Waals surface area contributed by atoms with Gasteiger partial charge in [-0.3, -0.25) is 20.2 Å². The summed E-state index contributed by atoms with van der Waals surface area (Å²) in [5, 5.41) is 28.1. The molecule has 12 aromatic rings. The molecule has 0 amide bonds. The zero-order valence-electron chi connectivity index (χ0n) is 80.4. The molecule has 0 aliphatic carbocycles. The van der Waals surface area contributed by atoms with Gasteiger partial charge in [-0.25, -0.2) is 9.97 Å². The summed E-state index contributed by atoms with van der Waals surface area (Å²) in [5.41, 5.74) is 64.9. The SMILES string of the molecule is C.C#CCOc1ccc(-c2nc3ccc(N4CCN(C)CC4)cc3[nH]2)cc1.C#CCOc1ccc(OC)cc1.CN1CCN(c2ccc(N)c(N)c2)CC1.CN1CCN(c2ccc(N)c(N)c2)CC1.CN1CCN(c2ccc([N+](=O)[O-])c(N)c2)CC1.CN1CCN(c2ccc3nc(-c4ccc(OCCN=[N+]=[N-])cc4)[nH]c3c2)CC1.COc1ccc(OCCN=[N+]=[N-])cc1.Nc1cc(Cl)ccc1[N+](=O)[O-].[CH3-].[Pd]. The number of nitro groups is 2. The van der Waals surface area contributed by atoms with Crippen molar-refractivity contribution in [1.29, 1.82) is 0 Å². The zero-order valence-corrected chi connectivity index (χ0v) is 82.7. The minimum absolute atomic E-state index is 0. The standard InChI is InChI=1S/C21H22N4O.C20H23N7O.C11H16N4O2.2C11H18N4.C10H10O2.C9H11N3O2.C6H5ClN2O2.CH4.CH3.Pd/c1-3-14-26-18-7-4-16(5-8-18)21-22-19-9-6-17(15-20(19)23-21)25-12-10-24(2)11-13-25;1-26-9-11-27(12-10-26)16-4-7-18-19(14-16)24-20(23-18)15-2-5-17(6-3-15)28-13-8-22-25-21;1-13-4-6-14(7-5-13)9-2-3-11(15(16)17)10(12)8-9;2*1-14-4-6-15(7-5-14)9-2-3-10(12)11(13)8-9;1-3-8-12-10-6-4-9(11-2)5-7-10;1-13-8-2-4-9(5-3-8)14-7-6-11-12-10;7-4-1-2-6(9(10)11)5(8)3-4;;;/h1,4-9,15H,10-14H2,2H3,(H,22,23);2-7,14H,8-13H2,1H3,(H,23,24);2-3,8H,4-7,12H2,1H3;2*2-3,8H,4-7,12-13H2,1H3;1,4-7H,8H2,2H3;2-5H,6-7H2,1H3;1-3H,8H2;1H4;1H3;/q;;;;;;;;;-1;. The van der Waals surface area contributed by atoms with Crippen LogP contribution in [0.1, 0.15) is 7.43 Å². The third kappa shape index (κ3) is 36.1. The summed E-state index contributed by atoms with van der Waals surface area (Å²) < 4.78 is 31.4. The number of nitrogens with one attached hydrogen (secondary N) is 2. The molecule has 14 N–H and O–H groups in total. The Hall–Kier alpha value is -15.0. The molecule has 5 aliphatic heterocycles. The number of hydrogen-bond donors (Lipinski definition) is 8. The van der Waals surface area contributed by atoms with Crippen molar-refractivity contribution in [2.45, 2.75) is 7.43 Å². The fourth-order valence-corrected chi connectivity index (χ4v) is 14.8. The number of aromatic nitrogens is 4. The van der Waals surface area contributed by atoms with Gasteiger partial charge in [0.2, 0.25) is 0 Å². The first-order valence-electron chi connectivity index (χ1n) is 44.8. The van der Waals surface area contributed by atoms with Crippen molar-refractivity contribution >= 4 is 108 Å². The number of piperazine rings is 5. The average molecular weight is 2040 g/mol. The van der Waals surface area contributed by atoms with E-state index in [4.69, 9.17) is 108 Å². The molecule has 2 aromatic heterocycles. The Labute approximate surface area is 843 Å². The van der Waals surface area contributed by atoms with E-state index < -0.39 is 9.85 Å². The van der Waals surface area contributed by atoms with Crippen LogP contribution in [-0.2, 0) is 20.4 Å². The van der Waals surface area contributed by atoms with E-state index in [1.165, 1.54) is 47.0 Å². The number of halogens is 1. The summed E-state index contributed by atoms with van der Waals surface area (Å²) in [6.07, 6.45) is 10.3. The minimum Gasteiger partial charge on any atom is -0.497 e. The second-order valence-electron chi connectivity index (χ2n) is 32.6. The summed E-state index contributed by atoms with van der Waals surface area (Å²) in [5.74, 6) is 11.1. The Morgan fingerprint density at radius 2 is 0.660 bits per heavy atom. The van der Waals surface area contributed by atoms with E-state index in [2.05, 4.69) is 162 Å². The van der Waals surface area contributed by atoms with Gasteiger partial charge in [0.25, 0.3) is 11.4 Å². The first kappa shape index (κ1) is 113. The van der Waals surface area contributed by atoms with Crippen molar-refractivity contribution in [3.05, 3.63) is 260 Å². The molecule has 0 spiro atoms. The number of aromatic amines is 2. The number of H-pyrrole nitrogens is 2. The quantitative estimate of drug-likeness (QED) is 0.00282. The second kappa shape index (κ2) is 58.7. The maximum absolute atomic E-state index is 10.7. The number of terminal acetylenes is 2. The molecule has 0 saturated carbocycles. The zero-order chi connectivity index (χ0) is 98.8. The van der Waals surface area contributed by atoms with Gasteiger partial charge in [0, 0.05) is 218 Å². The van der Waals surface area contributed by atoms with Gasteiger partial charge in [0.1, 0.15) is 70.7 Å². The number of fused-ring (bicyclic) bond motifs is 2. The van der Waals surface area contributed by atoms with Crippen LogP contribution in [0.25, 0.3) is 65.7 Å². The minimum atomic E-state index is -0.550. The Kier molecular flexibility index (Phi) is 47.0. The Bertz CT molecular complexity index is 5970. The molecular formula is C101H130ClN28O10Pd-. The molecule has 38 nitrogen and oxygen atoms in total. The molecule has 40 heteroatoms. The molecule has 0 atom stereocenters. The molecule has 141 heavy (non-hydrogen) atoms. The molecule has 10 aromatic carbocycles. The van der Waals surface area contributed by atoms with Gasteiger partial charge in [-0.05, 0) is 240 Å². The maximum Gasteiger partial charge on any atom is 0.292 e. The summed E-state index contributed by atoms with van der Waals surface area (Å²) in [7, 11) is 13.9. The third-order valence-corrected chi connectivity index (χ3v) is 23.1. The van der Waals surface area contributed by atoms with Gasteiger partial charge in [-0.15, -0.1) is 12.8 Å². The number of nitrogens with zero attached hydrogens (tertiary/aromatic N) is 20. The van der Waals surface area contributed by atoms with Crippen molar-refractivity contribution < 1.29 is 58.7 Å². The predicted molar refractivity (Wildman–Crippen MR) is 569 cm³/mol. The van der Waals surface area contributed by atoms with Gasteiger partial charge in [-0.1, -0.05) is 41.1 Å². The molecule has 5 fully saturated rings. The third-order valence-electron chi connectivity index (χ3n) is 22.9. The van der Waals surface area contributed by atoms with Gasteiger partial charge in [-0.2, -0.15) is 0 Å². The van der Waals surface area contributed by atoms with Crippen LogP contribution in [0.2, 0.25) is 5.02 Å². The molecule has 17 rings (SSSR count). The number of imidazole rings is 2. The van der Waals surface area contributed by atoms with E-state index in [9.17, 15) is 20.2 Å². The number of nitro benzene ring substituents is 2. The Balaban J connectivity index is 0.000000223. The topological polar surface area (TPSA) is 485 Å². The van der Waals surface area contributed by atoms with Gasteiger partial charge >= 0.3 is 0 Å². The van der Waals surface area contributed by atoms with Crippen LogP contribution in [0, 0.1) is 52.3 Å². The molecule has 0 unspecified atom stereocenters. The van der Waals surface area contributed by atoms with Crippen molar-refractivity contribution in [3.63, 3.8) is 0 Å². The van der Waals surface area contributed by atoms with Crippen LogP contribution < -0.4 is 87.3 Å². The summed E-state index contributed by atoms with van der Waals surface area (Å²) in [6.45, 7) is 23.0. The van der Waals surface area contributed by atoms with Crippen LogP contribution in [0.15, 0.2) is 216 Å². The number of nitrogens with two attached hydrogens (primary N) is 6. The fraction of sp³-hybridized carbons (Fsp3) is 0.337. The number of anilines is 11. The van der Waals surface area contributed by atoms with Crippen LogP contribution in [0.5, 0.6) is 34.5 Å².